The third-order valence-corrected chi connectivity index (χ3v) is 3.46. The molecule has 1 amide bonds. The van der Waals surface area contributed by atoms with Crippen molar-refractivity contribution in [1.82, 2.24) is 0 Å². The summed E-state index contributed by atoms with van der Waals surface area (Å²) in [4.78, 5) is 23.9. The van der Waals surface area contributed by atoms with E-state index in [0.29, 0.717) is 29.2 Å². The summed E-state index contributed by atoms with van der Waals surface area (Å²) in [5, 5.41) is 2.81. The van der Waals surface area contributed by atoms with Crippen molar-refractivity contribution in [2.75, 3.05) is 11.9 Å². The van der Waals surface area contributed by atoms with Crippen LogP contribution in [-0.2, 0) is 9.53 Å². The number of carbonyl (C=O) groups excluding carboxylic acids is 2. The number of carbonyl (C=O) groups is 2. The maximum Gasteiger partial charge on any atom is 0.338 e. The fourth-order valence-electron chi connectivity index (χ4n) is 2.30. The number of aryl methyl sites for hydroxylation is 1. The summed E-state index contributed by atoms with van der Waals surface area (Å²) in [5.41, 5.74) is 1.88. The second kappa shape index (κ2) is 8.87. The van der Waals surface area contributed by atoms with E-state index in [1.807, 2.05) is 38.1 Å². The number of benzene rings is 2. The molecule has 0 aliphatic rings. The van der Waals surface area contributed by atoms with Crippen molar-refractivity contribution in [3.63, 3.8) is 0 Å². The normalized spacial score (nSPS) is 10.2. The first-order valence-corrected chi connectivity index (χ1v) is 8.39. The zero-order chi connectivity index (χ0) is 18.2. The second-order valence-corrected chi connectivity index (χ2v) is 5.65. The van der Waals surface area contributed by atoms with Crippen LogP contribution in [0.1, 0.15) is 42.6 Å². The van der Waals surface area contributed by atoms with Crippen LogP contribution in [0.25, 0.3) is 0 Å². The molecule has 0 spiro atoms. The van der Waals surface area contributed by atoms with E-state index in [4.69, 9.17) is 9.47 Å². The highest BCUT2D eigenvalue weighted by atomic mass is 16.5. The van der Waals surface area contributed by atoms with Crippen molar-refractivity contribution >= 4 is 17.6 Å². The van der Waals surface area contributed by atoms with E-state index in [9.17, 15) is 9.59 Å². The predicted molar refractivity (Wildman–Crippen MR) is 97.2 cm³/mol. The van der Waals surface area contributed by atoms with E-state index >= 15 is 0 Å². The molecular formula is C20H23NO4. The number of amides is 1. The molecule has 0 aliphatic heterocycles. The molecule has 0 radical (unpaired) electrons. The van der Waals surface area contributed by atoms with Crippen LogP contribution in [0.3, 0.4) is 0 Å². The Bertz CT molecular complexity index is 755. The van der Waals surface area contributed by atoms with Crippen LogP contribution in [0.15, 0.2) is 42.5 Å². The Balaban J connectivity index is 2.32. The minimum atomic E-state index is -0.435. The van der Waals surface area contributed by atoms with Crippen LogP contribution in [-0.4, -0.2) is 18.5 Å². The lowest BCUT2D eigenvalue weighted by Crippen LogP contribution is -2.13. The lowest BCUT2D eigenvalue weighted by Gasteiger charge is -2.14. The van der Waals surface area contributed by atoms with Gasteiger partial charge in [-0.3, -0.25) is 4.79 Å². The molecule has 0 aromatic heterocycles. The van der Waals surface area contributed by atoms with Gasteiger partial charge in [0, 0.05) is 6.42 Å². The van der Waals surface area contributed by atoms with Crippen LogP contribution in [0, 0.1) is 6.92 Å². The summed E-state index contributed by atoms with van der Waals surface area (Å²) in [6.45, 7) is 5.94. The van der Waals surface area contributed by atoms with Gasteiger partial charge in [0.25, 0.3) is 0 Å². The van der Waals surface area contributed by atoms with Crippen LogP contribution in [0.4, 0.5) is 5.69 Å². The third kappa shape index (κ3) is 5.35. The standard InChI is InChI=1S/C20H23NO4/c1-4-7-19(22)21-17-13-15(20(23)24-5-2)10-11-18(17)25-16-9-6-8-14(3)12-16/h6,8-13H,4-5,7H2,1-3H3,(H,21,22). The van der Waals surface area contributed by atoms with Crippen LogP contribution < -0.4 is 10.1 Å². The molecule has 0 heterocycles. The lowest BCUT2D eigenvalue weighted by atomic mass is 10.1. The van der Waals surface area contributed by atoms with Gasteiger partial charge in [0.15, 0.2) is 5.75 Å². The van der Waals surface area contributed by atoms with E-state index < -0.39 is 5.97 Å². The maximum atomic E-state index is 12.0. The largest absolute Gasteiger partial charge is 0.462 e. The molecule has 0 unspecified atom stereocenters. The molecule has 2 aromatic carbocycles. The molecule has 0 bridgehead atoms. The highest BCUT2D eigenvalue weighted by Gasteiger charge is 2.14. The summed E-state index contributed by atoms with van der Waals surface area (Å²) in [7, 11) is 0. The van der Waals surface area contributed by atoms with E-state index in [1.165, 1.54) is 0 Å². The zero-order valence-electron chi connectivity index (χ0n) is 14.8. The zero-order valence-corrected chi connectivity index (χ0v) is 14.8. The Labute approximate surface area is 148 Å². The summed E-state index contributed by atoms with van der Waals surface area (Å²) in [5.74, 6) is 0.575. The molecule has 1 N–H and O–H groups in total. The van der Waals surface area contributed by atoms with Gasteiger partial charge in [-0.2, -0.15) is 0 Å². The molecule has 0 fully saturated rings. The number of ether oxygens (including phenoxy) is 2. The van der Waals surface area contributed by atoms with Crippen LogP contribution in [0.5, 0.6) is 11.5 Å². The minimum Gasteiger partial charge on any atom is -0.462 e. The Hall–Kier alpha value is -2.82. The van der Waals surface area contributed by atoms with Crippen molar-refractivity contribution in [3.05, 3.63) is 53.6 Å². The van der Waals surface area contributed by atoms with E-state index in [-0.39, 0.29) is 12.5 Å². The highest BCUT2D eigenvalue weighted by molar-refractivity contribution is 5.96. The number of hydrogen-bond acceptors (Lipinski definition) is 4. The van der Waals surface area contributed by atoms with Crippen LogP contribution in [0.2, 0.25) is 0 Å². The lowest BCUT2D eigenvalue weighted by molar-refractivity contribution is -0.116. The van der Waals surface area contributed by atoms with Crippen molar-refractivity contribution in [1.29, 1.82) is 0 Å². The van der Waals surface area contributed by atoms with Gasteiger partial charge in [-0.05, 0) is 56.2 Å². The van der Waals surface area contributed by atoms with Crippen molar-refractivity contribution in [2.24, 2.45) is 0 Å². The van der Waals surface area contributed by atoms with Gasteiger partial charge in [0.1, 0.15) is 5.75 Å². The smallest absolute Gasteiger partial charge is 0.338 e. The van der Waals surface area contributed by atoms with Gasteiger partial charge in [-0.1, -0.05) is 19.1 Å². The van der Waals surface area contributed by atoms with Gasteiger partial charge in [0.2, 0.25) is 5.91 Å². The minimum absolute atomic E-state index is 0.127. The Morgan fingerprint density at radius 3 is 2.56 bits per heavy atom. The van der Waals surface area contributed by atoms with E-state index in [0.717, 1.165) is 12.0 Å². The number of rotatable bonds is 7. The van der Waals surface area contributed by atoms with Gasteiger partial charge in [-0.25, -0.2) is 4.79 Å². The molecule has 2 rings (SSSR count). The molecule has 0 aliphatic carbocycles. The first-order chi connectivity index (χ1) is 12.0. The molecule has 5 nitrogen and oxygen atoms in total. The SMILES string of the molecule is CCCC(=O)Nc1cc(C(=O)OCC)ccc1Oc1cccc(C)c1. The highest BCUT2D eigenvalue weighted by Crippen LogP contribution is 2.31. The topological polar surface area (TPSA) is 64.6 Å². The maximum absolute atomic E-state index is 12.0. The molecule has 132 valence electrons. The number of esters is 1. The first-order valence-electron chi connectivity index (χ1n) is 8.39. The Morgan fingerprint density at radius 1 is 1.08 bits per heavy atom. The molecule has 25 heavy (non-hydrogen) atoms. The average molecular weight is 341 g/mol. The summed E-state index contributed by atoms with van der Waals surface area (Å²) >= 11 is 0. The van der Waals surface area contributed by atoms with E-state index in [2.05, 4.69) is 5.32 Å². The predicted octanol–water partition coefficient (Wildman–Crippen LogP) is 4.70. The van der Waals surface area contributed by atoms with Gasteiger partial charge < -0.3 is 14.8 Å². The fraction of sp³-hybridized carbons (Fsp3) is 0.300. The molecule has 2 aromatic rings. The van der Waals surface area contributed by atoms with Crippen molar-refractivity contribution in [3.8, 4) is 11.5 Å². The first kappa shape index (κ1) is 18.5. The van der Waals surface area contributed by atoms with Gasteiger partial charge >= 0.3 is 5.97 Å². The van der Waals surface area contributed by atoms with Crippen molar-refractivity contribution < 1.29 is 19.1 Å². The fourth-order valence-corrected chi connectivity index (χ4v) is 2.30. The molecule has 0 saturated heterocycles. The number of nitrogens with one attached hydrogen (secondary N) is 1. The van der Waals surface area contributed by atoms with Gasteiger partial charge in [0.05, 0.1) is 17.9 Å². The third-order valence-electron chi connectivity index (χ3n) is 3.46. The monoisotopic (exact) mass is 341 g/mol. The quantitative estimate of drug-likeness (QED) is 0.741. The van der Waals surface area contributed by atoms with Crippen LogP contribution >= 0.6 is 0 Å². The molecule has 0 saturated carbocycles. The van der Waals surface area contributed by atoms with E-state index in [1.54, 1.807) is 25.1 Å². The summed E-state index contributed by atoms with van der Waals surface area (Å²) < 4.78 is 10.9. The molecule has 0 atom stereocenters. The Morgan fingerprint density at radius 2 is 1.88 bits per heavy atom. The number of hydrogen-bond donors (Lipinski definition) is 1. The Kier molecular flexibility index (Phi) is 6.57. The van der Waals surface area contributed by atoms with Gasteiger partial charge in [-0.15, -0.1) is 0 Å². The number of anilines is 1. The molecule has 5 heteroatoms. The average Bonchev–Trinajstić information content (AvgIpc) is 2.57. The molecular weight excluding hydrogens is 318 g/mol. The second-order valence-electron chi connectivity index (χ2n) is 5.65. The summed E-state index contributed by atoms with van der Waals surface area (Å²) in [6.07, 6.45) is 1.13. The van der Waals surface area contributed by atoms with Crippen molar-refractivity contribution in [2.45, 2.75) is 33.6 Å². The summed E-state index contributed by atoms with van der Waals surface area (Å²) in [6, 6.07) is 12.5.